The Labute approximate surface area is 119 Å². The van der Waals surface area contributed by atoms with Gasteiger partial charge in [0.15, 0.2) is 0 Å². The van der Waals surface area contributed by atoms with E-state index >= 15 is 0 Å². The monoisotopic (exact) mass is 321 g/mol. The molecule has 0 amide bonds. The van der Waals surface area contributed by atoms with E-state index < -0.39 is 16.1 Å². The molecule has 0 aliphatic carbocycles. The molecule has 0 bridgehead atoms. The number of hydrogen-bond donors (Lipinski definition) is 2. The van der Waals surface area contributed by atoms with Gasteiger partial charge in [-0.15, -0.1) is 11.3 Å². The maximum absolute atomic E-state index is 11.9. The number of hydrogen-bond acceptors (Lipinski definition) is 5. The fourth-order valence-corrected chi connectivity index (χ4v) is 4.05. The van der Waals surface area contributed by atoms with Crippen LogP contribution in [0.5, 0.6) is 0 Å². The van der Waals surface area contributed by atoms with Crippen LogP contribution in [0.4, 0.5) is 0 Å². The molecule has 2 aromatic rings. The molecule has 0 aromatic carbocycles. The summed E-state index contributed by atoms with van der Waals surface area (Å²) in [6.45, 7) is 0.129. The zero-order chi connectivity index (χ0) is 13.9. The van der Waals surface area contributed by atoms with E-state index in [1.54, 1.807) is 6.07 Å². The highest BCUT2D eigenvalue weighted by Crippen LogP contribution is 2.25. The number of rotatable bonds is 6. The van der Waals surface area contributed by atoms with Crippen molar-refractivity contribution in [2.24, 2.45) is 0 Å². The third-order valence-corrected chi connectivity index (χ3v) is 5.64. The summed E-state index contributed by atoms with van der Waals surface area (Å²) in [5.41, 5.74) is 0.623. The smallest absolute Gasteiger partial charge is 0.250 e. The molecule has 0 fully saturated rings. The van der Waals surface area contributed by atoms with Gasteiger partial charge in [0.05, 0.1) is 23.0 Å². The molecular formula is C11H12ClNO4S2. The Morgan fingerprint density at radius 3 is 2.79 bits per heavy atom. The van der Waals surface area contributed by atoms with E-state index in [0.717, 1.165) is 11.3 Å². The minimum Gasteiger partial charge on any atom is -0.472 e. The van der Waals surface area contributed by atoms with E-state index in [-0.39, 0.29) is 17.2 Å². The molecule has 2 rings (SSSR count). The Kier molecular flexibility index (Phi) is 4.64. The van der Waals surface area contributed by atoms with Crippen molar-refractivity contribution < 1.29 is 17.9 Å². The molecule has 2 N–H and O–H groups in total. The van der Waals surface area contributed by atoms with Crippen LogP contribution in [0.2, 0.25) is 4.34 Å². The van der Waals surface area contributed by atoms with Crippen LogP contribution < -0.4 is 4.72 Å². The van der Waals surface area contributed by atoms with E-state index in [1.165, 1.54) is 24.7 Å². The third kappa shape index (κ3) is 3.80. The van der Waals surface area contributed by atoms with Gasteiger partial charge >= 0.3 is 0 Å². The SMILES string of the molecule is O=S(=O)(NCC[C@@H](O)c1ccoc1)c1ccc(Cl)s1. The van der Waals surface area contributed by atoms with E-state index in [1.807, 2.05) is 0 Å². The molecule has 0 radical (unpaired) electrons. The number of sulfonamides is 1. The first-order valence-corrected chi connectivity index (χ1v) is 8.12. The Balaban J connectivity index is 1.89. The van der Waals surface area contributed by atoms with Crippen molar-refractivity contribution in [1.29, 1.82) is 0 Å². The summed E-state index contributed by atoms with van der Waals surface area (Å²) in [7, 11) is -3.55. The first-order valence-electron chi connectivity index (χ1n) is 5.44. The van der Waals surface area contributed by atoms with Gasteiger partial charge in [0, 0.05) is 12.1 Å². The minimum atomic E-state index is -3.55. The van der Waals surface area contributed by atoms with Crippen LogP contribution >= 0.6 is 22.9 Å². The van der Waals surface area contributed by atoms with Crippen molar-refractivity contribution in [2.75, 3.05) is 6.54 Å². The molecule has 5 nitrogen and oxygen atoms in total. The van der Waals surface area contributed by atoms with E-state index in [4.69, 9.17) is 16.0 Å². The van der Waals surface area contributed by atoms with Gasteiger partial charge in [0.2, 0.25) is 10.0 Å². The van der Waals surface area contributed by atoms with Crippen LogP contribution in [-0.4, -0.2) is 20.1 Å². The van der Waals surface area contributed by atoms with Crippen LogP contribution in [0.25, 0.3) is 0 Å². The molecule has 2 heterocycles. The molecule has 0 aliphatic heterocycles. The van der Waals surface area contributed by atoms with Crippen LogP contribution in [0.3, 0.4) is 0 Å². The van der Waals surface area contributed by atoms with Crippen LogP contribution in [0, 0.1) is 0 Å². The summed E-state index contributed by atoms with van der Waals surface area (Å²) in [5.74, 6) is 0. The highest BCUT2D eigenvalue weighted by atomic mass is 35.5. The average molecular weight is 322 g/mol. The first kappa shape index (κ1) is 14.5. The summed E-state index contributed by atoms with van der Waals surface area (Å²) in [6, 6.07) is 4.61. The van der Waals surface area contributed by atoms with Crippen molar-refractivity contribution in [3.05, 3.63) is 40.6 Å². The highest BCUT2D eigenvalue weighted by Gasteiger charge is 2.17. The summed E-state index contributed by atoms with van der Waals surface area (Å²) >= 11 is 6.68. The zero-order valence-electron chi connectivity index (χ0n) is 9.74. The van der Waals surface area contributed by atoms with E-state index in [9.17, 15) is 13.5 Å². The fourth-order valence-electron chi connectivity index (χ4n) is 1.47. The van der Waals surface area contributed by atoms with Crippen LogP contribution in [0.1, 0.15) is 18.1 Å². The first-order chi connectivity index (χ1) is 8.99. The zero-order valence-corrected chi connectivity index (χ0v) is 12.1. The molecule has 0 unspecified atom stereocenters. The van der Waals surface area contributed by atoms with E-state index in [0.29, 0.717) is 9.90 Å². The molecule has 0 saturated carbocycles. The quantitative estimate of drug-likeness (QED) is 0.856. The minimum absolute atomic E-state index is 0.129. The van der Waals surface area contributed by atoms with Gasteiger partial charge in [-0.25, -0.2) is 13.1 Å². The summed E-state index contributed by atoms with van der Waals surface area (Å²) in [5, 5.41) is 9.77. The molecule has 1 atom stereocenters. The van der Waals surface area contributed by atoms with Gasteiger partial charge in [0.1, 0.15) is 4.21 Å². The van der Waals surface area contributed by atoms with Gasteiger partial charge in [0.25, 0.3) is 0 Å². The second kappa shape index (κ2) is 6.06. The van der Waals surface area contributed by atoms with Crippen LogP contribution in [-0.2, 0) is 10.0 Å². The highest BCUT2D eigenvalue weighted by molar-refractivity contribution is 7.91. The fraction of sp³-hybridized carbons (Fsp3) is 0.273. The summed E-state index contributed by atoms with van der Waals surface area (Å²) in [4.78, 5) is 0. The van der Waals surface area contributed by atoms with Crippen molar-refractivity contribution >= 4 is 33.0 Å². The lowest BCUT2D eigenvalue weighted by Crippen LogP contribution is -2.25. The predicted octanol–water partition coefficient (Wildman–Crippen LogP) is 2.40. The van der Waals surface area contributed by atoms with Gasteiger partial charge in [-0.05, 0) is 24.6 Å². The standard InChI is InChI=1S/C11H12ClNO4S2/c12-10-1-2-11(18-10)19(15,16)13-5-3-9(14)8-4-6-17-7-8/h1-2,4,6-7,9,13-14H,3,5H2/t9-/m1/s1. The van der Waals surface area contributed by atoms with Gasteiger partial charge in [-0.3, -0.25) is 0 Å². The lowest BCUT2D eigenvalue weighted by atomic mass is 10.1. The molecule has 104 valence electrons. The predicted molar refractivity (Wildman–Crippen MR) is 72.8 cm³/mol. The van der Waals surface area contributed by atoms with Gasteiger partial charge in [-0.1, -0.05) is 11.6 Å². The Morgan fingerprint density at radius 2 is 2.21 bits per heavy atom. The van der Waals surface area contributed by atoms with Crippen molar-refractivity contribution in [1.82, 2.24) is 4.72 Å². The second-order valence-electron chi connectivity index (χ2n) is 3.82. The second-order valence-corrected chi connectivity index (χ2v) is 7.53. The van der Waals surface area contributed by atoms with Crippen molar-refractivity contribution in [3.8, 4) is 0 Å². The normalized spacial score (nSPS) is 13.6. The summed E-state index contributed by atoms with van der Waals surface area (Å²) in [6.07, 6.45) is 2.39. The number of halogens is 1. The molecule has 8 heteroatoms. The summed E-state index contributed by atoms with van der Waals surface area (Å²) < 4.78 is 31.5. The largest absolute Gasteiger partial charge is 0.472 e. The molecule has 19 heavy (non-hydrogen) atoms. The molecule has 0 aliphatic rings. The van der Waals surface area contributed by atoms with Gasteiger partial charge < -0.3 is 9.52 Å². The molecule has 2 aromatic heterocycles. The maximum atomic E-state index is 11.9. The number of aliphatic hydroxyl groups excluding tert-OH is 1. The number of furan rings is 1. The molecule has 0 spiro atoms. The van der Waals surface area contributed by atoms with Crippen molar-refractivity contribution in [3.63, 3.8) is 0 Å². The van der Waals surface area contributed by atoms with Crippen LogP contribution in [0.15, 0.2) is 39.4 Å². The molecular weight excluding hydrogens is 310 g/mol. The number of nitrogens with one attached hydrogen (secondary N) is 1. The number of aliphatic hydroxyl groups is 1. The lowest BCUT2D eigenvalue weighted by molar-refractivity contribution is 0.168. The lowest BCUT2D eigenvalue weighted by Gasteiger charge is -2.09. The number of thiophene rings is 1. The topological polar surface area (TPSA) is 79.5 Å². The van der Waals surface area contributed by atoms with E-state index in [2.05, 4.69) is 4.72 Å². The Hall–Kier alpha value is -0.860. The Morgan fingerprint density at radius 1 is 1.42 bits per heavy atom. The average Bonchev–Trinajstić information content (AvgIpc) is 2.99. The van der Waals surface area contributed by atoms with Crippen molar-refractivity contribution in [2.45, 2.75) is 16.7 Å². The Bertz CT molecular complexity index is 621. The maximum Gasteiger partial charge on any atom is 0.250 e. The van der Waals surface area contributed by atoms with Gasteiger partial charge in [-0.2, -0.15) is 0 Å². The molecule has 0 saturated heterocycles. The third-order valence-electron chi connectivity index (χ3n) is 2.45.